The number of hydrogen-bond acceptors (Lipinski definition) is 2. The van der Waals surface area contributed by atoms with E-state index in [1.165, 1.54) is 18.4 Å². The minimum atomic E-state index is 0.204. The second kappa shape index (κ2) is 4.01. The first-order valence-electron chi connectivity index (χ1n) is 5.29. The van der Waals surface area contributed by atoms with Gasteiger partial charge in [-0.25, -0.2) is 0 Å². The van der Waals surface area contributed by atoms with Crippen molar-refractivity contribution in [1.82, 2.24) is 0 Å². The molecule has 14 heavy (non-hydrogen) atoms. The Morgan fingerprint density at radius 2 is 2.29 bits per heavy atom. The third-order valence-corrected chi connectivity index (χ3v) is 2.68. The van der Waals surface area contributed by atoms with E-state index in [9.17, 15) is 0 Å². The monoisotopic (exact) mass is 191 g/mol. The molecule has 1 aliphatic carbocycles. The summed E-state index contributed by atoms with van der Waals surface area (Å²) in [6.07, 6.45) is 2.56. The van der Waals surface area contributed by atoms with Crippen LogP contribution in [0.5, 0.6) is 5.75 Å². The van der Waals surface area contributed by atoms with Gasteiger partial charge in [-0.15, -0.1) is 0 Å². The first kappa shape index (κ1) is 9.53. The quantitative estimate of drug-likeness (QED) is 0.793. The van der Waals surface area contributed by atoms with Crippen LogP contribution in [0.3, 0.4) is 0 Å². The lowest BCUT2D eigenvalue weighted by molar-refractivity contribution is 0.339. The summed E-state index contributed by atoms with van der Waals surface area (Å²) in [6, 6.07) is 8.35. The zero-order valence-corrected chi connectivity index (χ0v) is 8.57. The van der Waals surface area contributed by atoms with Crippen molar-refractivity contribution in [2.45, 2.75) is 25.8 Å². The zero-order valence-electron chi connectivity index (χ0n) is 8.57. The van der Waals surface area contributed by atoms with Crippen LogP contribution in [-0.2, 0) is 0 Å². The smallest absolute Gasteiger partial charge is 0.119 e. The van der Waals surface area contributed by atoms with Crippen molar-refractivity contribution in [3.05, 3.63) is 29.8 Å². The summed E-state index contributed by atoms with van der Waals surface area (Å²) in [6.45, 7) is 2.70. The Morgan fingerprint density at radius 3 is 2.93 bits per heavy atom. The second-order valence-electron chi connectivity index (χ2n) is 3.87. The van der Waals surface area contributed by atoms with Crippen LogP contribution in [0.4, 0.5) is 0 Å². The summed E-state index contributed by atoms with van der Waals surface area (Å²) >= 11 is 0. The molecule has 1 aromatic carbocycles. The Kier molecular flexibility index (Phi) is 2.73. The Hall–Kier alpha value is -1.02. The third-order valence-electron chi connectivity index (χ3n) is 2.68. The molecule has 2 nitrogen and oxygen atoms in total. The van der Waals surface area contributed by atoms with Gasteiger partial charge in [0, 0.05) is 6.04 Å². The van der Waals surface area contributed by atoms with Gasteiger partial charge in [0.25, 0.3) is 0 Å². The molecule has 76 valence electrons. The normalized spacial score (nSPS) is 17.9. The molecule has 1 unspecified atom stereocenters. The highest BCUT2D eigenvalue weighted by molar-refractivity contribution is 5.31. The number of benzene rings is 1. The first-order chi connectivity index (χ1) is 6.81. The molecule has 0 spiro atoms. The molecule has 0 heterocycles. The molecule has 1 aliphatic rings. The van der Waals surface area contributed by atoms with Crippen molar-refractivity contribution in [2.75, 3.05) is 6.61 Å². The number of ether oxygens (including phenoxy) is 1. The molecule has 1 aromatic rings. The third kappa shape index (κ3) is 2.07. The summed E-state index contributed by atoms with van der Waals surface area (Å²) in [7, 11) is 0. The Morgan fingerprint density at radius 1 is 1.50 bits per heavy atom. The fourth-order valence-corrected chi connectivity index (χ4v) is 1.71. The molecule has 0 aromatic heterocycles. The molecule has 0 saturated heterocycles. The lowest BCUT2D eigenvalue weighted by Crippen LogP contribution is -2.12. The van der Waals surface area contributed by atoms with Crippen molar-refractivity contribution < 1.29 is 4.74 Å². The maximum atomic E-state index is 6.11. The zero-order chi connectivity index (χ0) is 9.97. The molecule has 1 atom stereocenters. The minimum Gasteiger partial charge on any atom is -0.494 e. The summed E-state index contributed by atoms with van der Waals surface area (Å²) in [5.74, 6) is 1.63. The van der Waals surface area contributed by atoms with Gasteiger partial charge in [0.1, 0.15) is 5.75 Å². The van der Waals surface area contributed by atoms with Gasteiger partial charge >= 0.3 is 0 Å². The van der Waals surface area contributed by atoms with Crippen molar-refractivity contribution in [3.8, 4) is 5.75 Å². The lowest BCUT2D eigenvalue weighted by atomic mass is 10.0. The van der Waals surface area contributed by atoms with Crippen LogP contribution < -0.4 is 10.5 Å². The molecule has 0 bridgehead atoms. The Balaban J connectivity index is 2.12. The maximum Gasteiger partial charge on any atom is 0.119 e. The van der Waals surface area contributed by atoms with E-state index in [-0.39, 0.29) is 6.04 Å². The number of rotatable bonds is 4. The van der Waals surface area contributed by atoms with Crippen LogP contribution in [0.25, 0.3) is 0 Å². The molecule has 0 amide bonds. The van der Waals surface area contributed by atoms with E-state index in [1.54, 1.807) is 0 Å². The van der Waals surface area contributed by atoms with Crippen LogP contribution >= 0.6 is 0 Å². The van der Waals surface area contributed by atoms with Crippen LogP contribution in [0.1, 0.15) is 31.4 Å². The van der Waals surface area contributed by atoms with E-state index in [1.807, 2.05) is 19.1 Å². The van der Waals surface area contributed by atoms with E-state index in [0.717, 1.165) is 5.75 Å². The van der Waals surface area contributed by atoms with Gasteiger partial charge in [-0.05, 0) is 43.4 Å². The summed E-state index contributed by atoms with van der Waals surface area (Å²) in [5.41, 5.74) is 7.32. The number of hydrogen-bond donors (Lipinski definition) is 1. The maximum absolute atomic E-state index is 6.11. The van der Waals surface area contributed by atoms with E-state index in [2.05, 4.69) is 12.1 Å². The highest BCUT2D eigenvalue weighted by Crippen LogP contribution is 2.39. The lowest BCUT2D eigenvalue weighted by Gasteiger charge is -2.12. The fraction of sp³-hybridized carbons (Fsp3) is 0.500. The van der Waals surface area contributed by atoms with Crippen LogP contribution in [-0.4, -0.2) is 6.61 Å². The molecule has 0 radical (unpaired) electrons. The molecule has 2 rings (SSSR count). The van der Waals surface area contributed by atoms with Crippen LogP contribution in [0.15, 0.2) is 24.3 Å². The SMILES string of the molecule is CCOc1cccc(C(N)C2CC2)c1. The highest BCUT2D eigenvalue weighted by atomic mass is 16.5. The Bertz CT molecular complexity index is 307. The van der Waals surface area contributed by atoms with Gasteiger partial charge in [-0.2, -0.15) is 0 Å². The van der Waals surface area contributed by atoms with E-state index in [0.29, 0.717) is 12.5 Å². The molecule has 2 heteroatoms. The summed E-state index contributed by atoms with van der Waals surface area (Å²) < 4.78 is 5.44. The van der Waals surface area contributed by atoms with Crippen molar-refractivity contribution >= 4 is 0 Å². The molecular formula is C12H17NO. The topological polar surface area (TPSA) is 35.2 Å². The van der Waals surface area contributed by atoms with E-state index in [4.69, 9.17) is 10.5 Å². The Labute approximate surface area is 85.1 Å². The summed E-state index contributed by atoms with van der Waals surface area (Å²) in [5, 5.41) is 0. The standard InChI is InChI=1S/C12H17NO/c1-2-14-11-5-3-4-10(8-11)12(13)9-6-7-9/h3-5,8-9,12H,2,6-7,13H2,1H3. The number of nitrogens with two attached hydrogens (primary N) is 1. The van der Waals surface area contributed by atoms with Crippen LogP contribution in [0.2, 0.25) is 0 Å². The second-order valence-corrected chi connectivity index (χ2v) is 3.87. The predicted molar refractivity (Wildman–Crippen MR) is 57.3 cm³/mol. The minimum absolute atomic E-state index is 0.204. The fourth-order valence-electron chi connectivity index (χ4n) is 1.71. The first-order valence-corrected chi connectivity index (χ1v) is 5.29. The summed E-state index contributed by atoms with van der Waals surface area (Å²) in [4.78, 5) is 0. The van der Waals surface area contributed by atoms with Gasteiger partial charge in [0.05, 0.1) is 6.61 Å². The molecule has 1 fully saturated rings. The largest absolute Gasteiger partial charge is 0.494 e. The average molecular weight is 191 g/mol. The highest BCUT2D eigenvalue weighted by Gasteiger charge is 2.29. The van der Waals surface area contributed by atoms with E-state index < -0.39 is 0 Å². The molecule has 2 N–H and O–H groups in total. The van der Waals surface area contributed by atoms with Crippen molar-refractivity contribution in [3.63, 3.8) is 0 Å². The van der Waals surface area contributed by atoms with Crippen LogP contribution in [0, 0.1) is 5.92 Å². The van der Waals surface area contributed by atoms with E-state index >= 15 is 0 Å². The predicted octanol–water partition coefficient (Wildman–Crippen LogP) is 2.50. The van der Waals surface area contributed by atoms with Gasteiger partial charge < -0.3 is 10.5 Å². The molecular weight excluding hydrogens is 174 g/mol. The molecule has 1 saturated carbocycles. The average Bonchev–Trinajstić information content (AvgIpc) is 3.01. The van der Waals surface area contributed by atoms with Gasteiger partial charge in [0.15, 0.2) is 0 Å². The van der Waals surface area contributed by atoms with Gasteiger partial charge in [0.2, 0.25) is 0 Å². The van der Waals surface area contributed by atoms with Crippen molar-refractivity contribution in [2.24, 2.45) is 11.7 Å². The van der Waals surface area contributed by atoms with Gasteiger partial charge in [-0.3, -0.25) is 0 Å². The van der Waals surface area contributed by atoms with Gasteiger partial charge in [-0.1, -0.05) is 12.1 Å². The molecule has 0 aliphatic heterocycles. The van der Waals surface area contributed by atoms with Crippen molar-refractivity contribution in [1.29, 1.82) is 0 Å².